The zero-order chi connectivity index (χ0) is 14.2. The van der Waals surface area contributed by atoms with Crippen LogP contribution in [0.1, 0.15) is 0 Å². The van der Waals surface area contributed by atoms with Gasteiger partial charge in [-0.05, 0) is 31.3 Å². The lowest BCUT2D eigenvalue weighted by atomic mass is 10.0. The SMILES string of the molecule is CN.c1cncc(-c2cccnc2-c2cccnc2)c1. The lowest BCUT2D eigenvalue weighted by Gasteiger charge is -2.07. The van der Waals surface area contributed by atoms with Gasteiger partial charge in [-0.15, -0.1) is 0 Å². The molecule has 0 aliphatic heterocycles. The zero-order valence-electron chi connectivity index (χ0n) is 11.3. The molecule has 0 saturated carbocycles. The molecule has 0 aromatic carbocycles. The van der Waals surface area contributed by atoms with Crippen LogP contribution in [-0.2, 0) is 0 Å². The molecule has 3 rings (SSSR count). The number of pyridine rings is 3. The fourth-order valence-corrected chi connectivity index (χ4v) is 1.89. The van der Waals surface area contributed by atoms with Gasteiger partial charge in [0.2, 0.25) is 0 Å². The molecule has 3 aromatic rings. The minimum Gasteiger partial charge on any atom is -0.333 e. The van der Waals surface area contributed by atoms with Crippen LogP contribution in [0.5, 0.6) is 0 Å². The van der Waals surface area contributed by atoms with Crippen LogP contribution in [0.25, 0.3) is 22.4 Å². The smallest absolute Gasteiger partial charge is 0.0796 e. The summed E-state index contributed by atoms with van der Waals surface area (Å²) in [5.41, 5.74) is 8.57. The van der Waals surface area contributed by atoms with Crippen LogP contribution in [0.2, 0.25) is 0 Å². The second kappa shape index (κ2) is 7.11. The van der Waals surface area contributed by atoms with Crippen LogP contribution in [0.15, 0.2) is 67.4 Å². The molecule has 0 aliphatic rings. The molecule has 3 aromatic heterocycles. The zero-order valence-corrected chi connectivity index (χ0v) is 11.3. The Bertz CT molecular complexity index is 580. The van der Waals surface area contributed by atoms with Gasteiger partial charge in [-0.25, -0.2) is 0 Å². The summed E-state index contributed by atoms with van der Waals surface area (Å²) in [6, 6.07) is 11.9. The lowest BCUT2D eigenvalue weighted by molar-refractivity contribution is 1.27. The van der Waals surface area contributed by atoms with Gasteiger partial charge < -0.3 is 5.73 Å². The fourth-order valence-electron chi connectivity index (χ4n) is 1.89. The average Bonchev–Trinajstić information content (AvgIpc) is 2.58. The molecule has 0 spiro atoms. The maximum absolute atomic E-state index is 4.50. The van der Waals surface area contributed by atoms with Crippen molar-refractivity contribution in [3.63, 3.8) is 0 Å². The summed E-state index contributed by atoms with van der Waals surface area (Å²) in [5.74, 6) is 0. The molecule has 0 fully saturated rings. The summed E-state index contributed by atoms with van der Waals surface area (Å²) in [5, 5.41) is 0. The van der Waals surface area contributed by atoms with Crippen LogP contribution in [-0.4, -0.2) is 22.0 Å². The molecule has 100 valence electrons. The van der Waals surface area contributed by atoms with E-state index in [1.165, 1.54) is 7.05 Å². The molecule has 0 bridgehead atoms. The maximum atomic E-state index is 4.50. The van der Waals surface area contributed by atoms with Crippen molar-refractivity contribution >= 4 is 0 Å². The van der Waals surface area contributed by atoms with Crippen molar-refractivity contribution in [2.75, 3.05) is 7.05 Å². The predicted octanol–water partition coefficient (Wildman–Crippen LogP) is 2.78. The van der Waals surface area contributed by atoms with E-state index in [-0.39, 0.29) is 0 Å². The van der Waals surface area contributed by atoms with Crippen molar-refractivity contribution in [2.45, 2.75) is 0 Å². The number of hydrogen-bond acceptors (Lipinski definition) is 4. The molecule has 4 heteroatoms. The standard InChI is InChI=1S/C15H11N3.CH5N/c1-4-12(10-16-7-1)14-6-3-9-18-15(14)13-5-2-8-17-11-13;1-2/h1-11H;2H2,1H3. The Morgan fingerprint density at radius 2 is 1.35 bits per heavy atom. The molecule has 0 saturated heterocycles. The Morgan fingerprint density at radius 3 is 1.95 bits per heavy atom. The average molecular weight is 264 g/mol. The first-order chi connectivity index (χ1) is 9.95. The van der Waals surface area contributed by atoms with Gasteiger partial charge in [0.15, 0.2) is 0 Å². The predicted molar refractivity (Wildman–Crippen MR) is 80.8 cm³/mol. The van der Waals surface area contributed by atoms with E-state index in [0.717, 1.165) is 22.4 Å². The second-order valence-electron chi connectivity index (χ2n) is 3.88. The maximum Gasteiger partial charge on any atom is 0.0796 e. The van der Waals surface area contributed by atoms with E-state index in [9.17, 15) is 0 Å². The van der Waals surface area contributed by atoms with Gasteiger partial charge >= 0.3 is 0 Å². The Kier molecular flexibility index (Phi) is 4.92. The molecule has 0 atom stereocenters. The number of hydrogen-bond donors (Lipinski definition) is 1. The fraction of sp³-hybridized carbons (Fsp3) is 0.0625. The molecule has 0 unspecified atom stereocenters. The van der Waals surface area contributed by atoms with E-state index < -0.39 is 0 Å². The van der Waals surface area contributed by atoms with Gasteiger partial charge in [0.1, 0.15) is 0 Å². The van der Waals surface area contributed by atoms with E-state index in [1.807, 2.05) is 48.8 Å². The minimum atomic E-state index is 0.929. The van der Waals surface area contributed by atoms with Crippen molar-refractivity contribution in [3.8, 4) is 22.4 Å². The Balaban J connectivity index is 0.000000704. The summed E-state index contributed by atoms with van der Waals surface area (Å²) >= 11 is 0. The Hall–Kier alpha value is -2.59. The third kappa shape index (κ3) is 3.05. The third-order valence-electron chi connectivity index (χ3n) is 2.72. The summed E-state index contributed by atoms with van der Waals surface area (Å²) in [7, 11) is 1.50. The highest BCUT2D eigenvalue weighted by atomic mass is 14.7. The number of nitrogens with zero attached hydrogens (tertiary/aromatic N) is 3. The van der Waals surface area contributed by atoms with Crippen LogP contribution in [0.3, 0.4) is 0 Å². The molecule has 20 heavy (non-hydrogen) atoms. The summed E-state index contributed by atoms with van der Waals surface area (Å²) in [6.45, 7) is 0. The highest BCUT2D eigenvalue weighted by Crippen LogP contribution is 2.28. The monoisotopic (exact) mass is 264 g/mol. The first-order valence-corrected chi connectivity index (χ1v) is 6.29. The first kappa shape index (κ1) is 13.8. The van der Waals surface area contributed by atoms with Gasteiger partial charge in [-0.1, -0.05) is 12.1 Å². The molecule has 3 heterocycles. The van der Waals surface area contributed by atoms with Gasteiger partial charge in [0.05, 0.1) is 5.69 Å². The largest absolute Gasteiger partial charge is 0.333 e. The molecule has 2 N–H and O–H groups in total. The minimum absolute atomic E-state index is 0.929. The topological polar surface area (TPSA) is 64.7 Å². The van der Waals surface area contributed by atoms with Gasteiger partial charge in [-0.3, -0.25) is 15.0 Å². The van der Waals surface area contributed by atoms with E-state index >= 15 is 0 Å². The van der Waals surface area contributed by atoms with Crippen LogP contribution >= 0.6 is 0 Å². The quantitative estimate of drug-likeness (QED) is 0.773. The van der Waals surface area contributed by atoms with Crippen LogP contribution in [0.4, 0.5) is 0 Å². The van der Waals surface area contributed by atoms with E-state index in [0.29, 0.717) is 0 Å². The van der Waals surface area contributed by atoms with Crippen LogP contribution in [0, 0.1) is 0 Å². The normalized spacial score (nSPS) is 9.50. The van der Waals surface area contributed by atoms with Gasteiger partial charge in [0, 0.05) is 47.7 Å². The lowest BCUT2D eigenvalue weighted by Crippen LogP contribution is -1.89. The first-order valence-electron chi connectivity index (χ1n) is 6.29. The van der Waals surface area contributed by atoms with Crippen molar-refractivity contribution in [3.05, 3.63) is 67.4 Å². The number of nitrogens with two attached hydrogens (primary N) is 1. The molecule has 0 radical (unpaired) electrons. The summed E-state index contributed by atoms with van der Waals surface area (Å²) in [4.78, 5) is 12.8. The van der Waals surface area contributed by atoms with E-state index in [2.05, 4.69) is 20.7 Å². The summed E-state index contributed by atoms with van der Waals surface area (Å²) in [6.07, 6.45) is 8.99. The number of aromatic nitrogens is 3. The highest BCUT2D eigenvalue weighted by molar-refractivity contribution is 5.79. The van der Waals surface area contributed by atoms with Crippen molar-refractivity contribution in [1.29, 1.82) is 0 Å². The van der Waals surface area contributed by atoms with Crippen molar-refractivity contribution < 1.29 is 0 Å². The number of rotatable bonds is 2. The Morgan fingerprint density at radius 1 is 0.750 bits per heavy atom. The summed E-state index contributed by atoms with van der Waals surface area (Å²) < 4.78 is 0. The highest BCUT2D eigenvalue weighted by Gasteiger charge is 2.07. The molecular weight excluding hydrogens is 248 g/mol. The van der Waals surface area contributed by atoms with Crippen molar-refractivity contribution in [1.82, 2.24) is 15.0 Å². The molecular formula is C16H16N4. The molecule has 4 nitrogen and oxygen atoms in total. The second-order valence-corrected chi connectivity index (χ2v) is 3.88. The van der Waals surface area contributed by atoms with Crippen molar-refractivity contribution in [2.24, 2.45) is 5.73 Å². The van der Waals surface area contributed by atoms with Gasteiger partial charge in [0.25, 0.3) is 0 Å². The van der Waals surface area contributed by atoms with E-state index in [1.54, 1.807) is 18.6 Å². The van der Waals surface area contributed by atoms with E-state index in [4.69, 9.17) is 0 Å². The molecule has 0 aliphatic carbocycles. The Labute approximate surface area is 118 Å². The van der Waals surface area contributed by atoms with Gasteiger partial charge in [-0.2, -0.15) is 0 Å². The molecule has 0 amide bonds. The van der Waals surface area contributed by atoms with Crippen LogP contribution < -0.4 is 5.73 Å². The third-order valence-corrected chi connectivity index (χ3v) is 2.72.